The summed E-state index contributed by atoms with van der Waals surface area (Å²) in [4.78, 5) is 22.4. The summed E-state index contributed by atoms with van der Waals surface area (Å²) < 4.78 is 32.1. The monoisotopic (exact) mass is 602 g/mol. The Balaban J connectivity index is 1.15. The summed E-state index contributed by atoms with van der Waals surface area (Å²) in [6.07, 6.45) is 4.46. The van der Waals surface area contributed by atoms with Gasteiger partial charge in [0.05, 0.1) is 11.7 Å². The van der Waals surface area contributed by atoms with E-state index in [9.17, 15) is 10.0 Å². The first-order valence-corrected chi connectivity index (χ1v) is 14.9. The van der Waals surface area contributed by atoms with Crippen molar-refractivity contribution in [1.29, 1.82) is 0 Å². The third-order valence-corrected chi connectivity index (χ3v) is 8.33. The lowest BCUT2D eigenvalue weighted by molar-refractivity contribution is 0.198. The summed E-state index contributed by atoms with van der Waals surface area (Å²) >= 11 is 0. The van der Waals surface area contributed by atoms with Crippen LogP contribution in [-0.4, -0.2) is 84.2 Å². The highest BCUT2D eigenvalue weighted by Gasteiger charge is 2.24. The molecule has 0 amide bonds. The zero-order chi connectivity index (χ0) is 31.2. The molecule has 1 aromatic carbocycles. The molecule has 4 aromatic rings. The van der Waals surface area contributed by atoms with Crippen LogP contribution in [0.15, 0.2) is 42.0 Å². The molecule has 0 atom stereocenters. The second kappa shape index (κ2) is 12.0. The van der Waals surface area contributed by atoms with Gasteiger partial charge in [0.25, 0.3) is 0 Å². The molecule has 10 nitrogen and oxygen atoms in total. The quantitative estimate of drug-likeness (QED) is 0.270. The number of anilines is 2. The maximum atomic E-state index is 15.2. The summed E-state index contributed by atoms with van der Waals surface area (Å²) in [5.41, 5.74) is 3.60. The standard InChI is InChI=1S/C31H37BF2N8O2/c1-19-36-29-23(33)15-21(16-26(29)42(19)31(2,3)4)28-24(34)17-35-30(39-28)38-27-6-5-20-18-41(12-9-25(20)37-27)14-13-40-10-7-22(8-11-40)32(43)44/h5-7,15-17,43-44H,8-14,18H2,1-4H3,(H,35,37,38,39). The summed E-state index contributed by atoms with van der Waals surface area (Å²) in [5.74, 6) is 0.205. The molecule has 3 N–H and O–H groups in total. The molecule has 0 radical (unpaired) electrons. The van der Waals surface area contributed by atoms with E-state index in [0.29, 0.717) is 34.6 Å². The van der Waals surface area contributed by atoms with Gasteiger partial charge in [-0.1, -0.05) is 12.1 Å². The van der Waals surface area contributed by atoms with Gasteiger partial charge in [0.1, 0.15) is 22.9 Å². The molecule has 0 fully saturated rings. The highest BCUT2D eigenvalue weighted by atomic mass is 19.1. The Morgan fingerprint density at radius 2 is 1.75 bits per heavy atom. The van der Waals surface area contributed by atoms with E-state index < -0.39 is 18.8 Å². The number of halogens is 2. The molecule has 0 saturated heterocycles. The Bertz CT molecular complexity index is 1740. The van der Waals surface area contributed by atoms with Crippen molar-refractivity contribution in [3.05, 3.63) is 70.7 Å². The Hall–Kier alpha value is -3.78. The SMILES string of the molecule is Cc1nc2c(F)cc(-c3nc(Nc4ccc5c(n4)CCN(CCN4CC=C(B(O)O)CC4)C5)ncc3F)cc2n1C(C)(C)C. The normalized spacial score (nSPS) is 16.2. The Kier molecular flexibility index (Phi) is 8.23. The molecular formula is C31H37BF2N8O2. The van der Waals surface area contributed by atoms with E-state index in [0.717, 1.165) is 63.1 Å². The number of hydrogen-bond donors (Lipinski definition) is 3. The summed E-state index contributed by atoms with van der Waals surface area (Å²) in [6, 6.07) is 6.89. The van der Waals surface area contributed by atoms with Crippen molar-refractivity contribution in [2.75, 3.05) is 38.0 Å². The van der Waals surface area contributed by atoms with Gasteiger partial charge in [-0.15, -0.1) is 0 Å². The van der Waals surface area contributed by atoms with E-state index in [2.05, 4.69) is 30.1 Å². The molecular weight excluding hydrogens is 565 g/mol. The van der Waals surface area contributed by atoms with Crippen LogP contribution in [-0.2, 0) is 18.5 Å². The highest BCUT2D eigenvalue weighted by molar-refractivity contribution is 6.50. The summed E-state index contributed by atoms with van der Waals surface area (Å²) in [5, 5.41) is 21.8. The van der Waals surface area contributed by atoms with E-state index in [1.54, 1.807) is 6.07 Å². The molecule has 44 heavy (non-hydrogen) atoms. The van der Waals surface area contributed by atoms with Crippen LogP contribution < -0.4 is 5.32 Å². The summed E-state index contributed by atoms with van der Waals surface area (Å²) in [6.45, 7) is 12.9. The number of imidazole rings is 1. The Morgan fingerprint density at radius 3 is 2.48 bits per heavy atom. The second-order valence-electron chi connectivity index (χ2n) is 12.5. The van der Waals surface area contributed by atoms with E-state index in [4.69, 9.17) is 4.98 Å². The smallest absolute Gasteiger partial charge is 0.423 e. The van der Waals surface area contributed by atoms with Gasteiger partial charge < -0.3 is 19.9 Å². The van der Waals surface area contributed by atoms with Crippen molar-refractivity contribution in [3.63, 3.8) is 0 Å². The fraction of sp³-hybridized carbons (Fsp3) is 0.419. The number of aromatic nitrogens is 5. The minimum Gasteiger partial charge on any atom is -0.423 e. The number of rotatable bonds is 7. The van der Waals surface area contributed by atoms with E-state index >= 15 is 8.78 Å². The Labute approximate surface area is 255 Å². The predicted molar refractivity (Wildman–Crippen MR) is 166 cm³/mol. The maximum Gasteiger partial charge on any atom is 0.483 e. The van der Waals surface area contributed by atoms with E-state index in [1.165, 1.54) is 6.07 Å². The van der Waals surface area contributed by atoms with Gasteiger partial charge in [-0.2, -0.15) is 0 Å². The van der Waals surface area contributed by atoms with Gasteiger partial charge in [-0.05, 0) is 63.4 Å². The van der Waals surface area contributed by atoms with Gasteiger partial charge in [0, 0.05) is 62.5 Å². The molecule has 0 unspecified atom stereocenters. The van der Waals surface area contributed by atoms with Gasteiger partial charge in [0.15, 0.2) is 11.6 Å². The fourth-order valence-corrected chi connectivity index (χ4v) is 6.16. The molecule has 0 bridgehead atoms. The van der Waals surface area contributed by atoms with Crippen LogP contribution in [0.2, 0.25) is 0 Å². The molecule has 5 heterocycles. The van der Waals surface area contributed by atoms with Crippen LogP contribution in [0, 0.1) is 18.6 Å². The number of nitrogens with one attached hydrogen (secondary N) is 1. The molecule has 2 aliphatic rings. The van der Waals surface area contributed by atoms with Gasteiger partial charge in [-0.25, -0.2) is 28.7 Å². The molecule has 3 aromatic heterocycles. The molecule has 0 aliphatic carbocycles. The molecule has 13 heteroatoms. The molecule has 6 rings (SSSR count). The number of hydrogen-bond acceptors (Lipinski definition) is 9. The van der Waals surface area contributed by atoms with Crippen LogP contribution in [0.5, 0.6) is 0 Å². The van der Waals surface area contributed by atoms with Gasteiger partial charge in [0.2, 0.25) is 5.95 Å². The third kappa shape index (κ3) is 6.23. The van der Waals surface area contributed by atoms with Crippen LogP contribution in [0.25, 0.3) is 22.3 Å². The van der Waals surface area contributed by atoms with Crippen molar-refractivity contribution in [3.8, 4) is 11.3 Å². The van der Waals surface area contributed by atoms with Crippen LogP contribution >= 0.6 is 0 Å². The van der Waals surface area contributed by atoms with Gasteiger partial charge in [-0.3, -0.25) is 9.80 Å². The van der Waals surface area contributed by atoms with Crippen LogP contribution in [0.3, 0.4) is 0 Å². The zero-order valence-electron chi connectivity index (χ0n) is 25.5. The fourth-order valence-electron chi connectivity index (χ4n) is 6.16. The minimum absolute atomic E-state index is 0.0100. The van der Waals surface area contributed by atoms with Crippen molar-refractivity contribution >= 4 is 29.9 Å². The number of aryl methyl sites for hydroxylation is 1. The maximum absolute atomic E-state index is 15.2. The number of fused-ring (bicyclic) bond motifs is 2. The predicted octanol–water partition coefficient (Wildman–Crippen LogP) is 3.98. The lowest BCUT2D eigenvalue weighted by Gasteiger charge is -2.32. The first-order valence-electron chi connectivity index (χ1n) is 14.9. The topological polar surface area (TPSA) is 115 Å². The first kappa shape index (κ1) is 30.3. The van der Waals surface area contributed by atoms with Crippen LogP contribution in [0.4, 0.5) is 20.5 Å². The first-order chi connectivity index (χ1) is 21.0. The molecule has 2 aliphatic heterocycles. The molecule has 230 valence electrons. The number of benzene rings is 1. The average molecular weight is 602 g/mol. The zero-order valence-corrected chi connectivity index (χ0v) is 25.5. The molecule has 0 spiro atoms. The van der Waals surface area contributed by atoms with Crippen LogP contribution in [0.1, 0.15) is 44.3 Å². The van der Waals surface area contributed by atoms with Crippen molar-refractivity contribution < 1.29 is 18.8 Å². The van der Waals surface area contributed by atoms with Crippen molar-refractivity contribution in [2.24, 2.45) is 0 Å². The Morgan fingerprint density at radius 1 is 0.977 bits per heavy atom. The molecule has 0 saturated carbocycles. The van der Waals surface area contributed by atoms with E-state index in [-0.39, 0.29) is 22.7 Å². The lowest BCUT2D eigenvalue weighted by Crippen LogP contribution is -2.40. The summed E-state index contributed by atoms with van der Waals surface area (Å²) in [7, 11) is -1.35. The largest absolute Gasteiger partial charge is 0.483 e. The minimum atomic E-state index is -1.35. The number of nitrogens with zero attached hydrogens (tertiary/aromatic N) is 7. The lowest BCUT2D eigenvalue weighted by atomic mass is 9.76. The van der Waals surface area contributed by atoms with Crippen molar-refractivity contribution in [1.82, 2.24) is 34.3 Å². The second-order valence-corrected chi connectivity index (χ2v) is 12.5. The third-order valence-electron chi connectivity index (χ3n) is 8.33. The van der Waals surface area contributed by atoms with Gasteiger partial charge >= 0.3 is 7.12 Å². The number of pyridine rings is 1. The van der Waals surface area contributed by atoms with E-state index in [1.807, 2.05) is 50.5 Å². The average Bonchev–Trinajstić information content (AvgIpc) is 3.34. The van der Waals surface area contributed by atoms with Crippen molar-refractivity contribution in [2.45, 2.75) is 52.6 Å². The highest BCUT2D eigenvalue weighted by Crippen LogP contribution is 2.32.